The summed E-state index contributed by atoms with van der Waals surface area (Å²) in [5.74, 6) is 0. The highest BCUT2D eigenvalue weighted by Gasteiger charge is 2.20. The lowest BCUT2D eigenvalue weighted by atomic mass is 9.97. The molecule has 0 radical (unpaired) electrons. The van der Waals surface area contributed by atoms with E-state index in [0.29, 0.717) is 6.54 Å². The Labute approximate surface area is 135 Å². The van der Waals surface area contributed by atoms with Crippen LogP contribution in [0.5, 0.6) is 0 Å². The number of hydrogen-bond acceptors (Lipinski definition) is 2. The number of halogens is 1. The molecule has 0 saturated carbocycles. The molecule has 0 fully saturated rings. The van der Waals surface area contributed by atoms with E-state index in [1.165, 1.54) is 40.9 Å². The van der Waals surface area contributed by atoms with Crippen molar-refractivity contribution in [3.63, 3.8) is 0 Å². The highest BCUT2D eigenvalue weighted by atomic mass is 79.9. The minimum absolute atomic E-state index is 0.684. The van der Waals surface area contributed by atoms with Crippen molar-refractivity contribution in [2.24, 2.45) is 5.73 Å². The van der Waals surface area contributed by atoms with Gasteiger partial charge >= 0.3 is 0 Å². The minimum atomic E-state index is 0.684. The summed E-state index contributed by atoms with van der Waals surface area (Å²) in [4.78, 5) is 2.45. The molecule has 2 N–H and O–H groups in total. The molecule has 21 heavy (non-hydrogen) atoms. The summed E-state index contributed by atoms with van der Waals surface area (Å²) in [5.41, 5.74) is 12.5. The molecule has 2 aromatic carbocycles. The molecule has 3 rings (SSSR count). The number of hydrogen-bond donors (Lipinski definition) is 1. The van der Waals surface area contributed by atoms with Gasteiger partial charge in [0, 0.05) is 22.4 Å². The summed E-state index contributed by atoms with van der Waals surface area (Å²) in [6.07, 6.45) is 3.29. The van der Waals surface area contributed by atoms with Gasteiger partial charge in [0.2, 0.25) is 0 Å². The molecule has 0 spiro atoms. The molecule has 2 aromatic rings. The monoisotopic (exact) mass is 344 g/mol. The third-order valence-electron chi connectivity index (χ3n) is 4.11. The van der Waals surface area contributed by atoms with Crippen molar-refractivity contribution in [2.75, 3.05) is 18.0 Å². The quantitative estimate of drug-likeness (QED) is 0.897. The Balaban J connectivity index is 2.08. The van der Waals surface area contributed by atoms with E-state index in [4.69, 9.17) is 5.73 Å². The van der Waals surface area contributed by atoms with Gasteiger partial charge in [0.15, 0.2) is 0 Å². The average molecular weight is 345 g/mol. The molecule has 2 nitrogen and oxygen atoms in total. The van der Waals surface area contributed by atoms with E-state index in [-0.39, 0.29) is 0 Å². The van der Waals surface area contributed by atoms with Gasteiger partial charge < -0.3 is 10.6 Å². The summed E-state index contributed by atoms with van der Waals surface area (Å²) in [6.45, 7) is 3.92. The Morgan fingerprint density at radius 1 is 1.14 bits per heavy atom. The normalized spacial score (nSPS) is 14.1. The van der Waals surface area contributed by atoms with Crippen molar-refractivity contribution >= 4 is 27.3 Å². The second-order valence-corrected chi connectivity index (χ2v) is 6.61. The first-order valence-electron chi connectivity index (χ1n) is 7.54. The van der Waals surface area contributed by atoms with Gasteiger partial charge in [-0.15, -0.1) is 0 Å². The van der Waals surface area contributed by atoms with E-state index >= 15 is 0 Å². The summed E-state index contributed by atoms with van der Waals surface area (Å²) >= 11 is 3.61. The number of fused-ring (bicyclic) bond motifs is 1. The van der Waals surface area contributed by atoms with Gasteiger partial charge in [-0.2, -0.15) is 0 Å². The van der Waals surface area contributed by atoms with Gasteiger partial charge in [0.05, 0.1) is 0 Å². The fourth-order valence-electron chi connectivity index (χ4n) is 3.13. The summed E-state index contributed by atoms with van der Waals surface area (Å²) < 4.78 is 1.12. The van der Waals surface area contributed by atoms with Crippen LogP contribution in [-0.4, -0.2) is 13.1 Å². The number of anilines is 2. The molecule has 0 atom stereocenters. The van der Waals surface area contributed by atoms with E-state index in [1.54, 1.807) is 0 Å². The molecule has 1 aliphatic rings. The fourth-order valence-corrected chi connectivity index (χ4v) is 3.48. The van der Waals surface area contributed by atoms with Crippen molar-refractivity contribution in [1.82, 2.24) is 0 Å². The third-order valence-corrected chi connectivity index (χ3v) is 4.60. The molecule has 110 valence electrons. The van der Waals surface area contributed by atoms with Crippen molar-refractivity contribution in [2.45, 2.75) is 26.2 Å². The topological polar surface area (TPSA) is 29.3 Å². The fraction of sp³-hybridized carbons (Fsp3) is 0.333. The summed E-state index contributed by atoms with van der Waals surface area (Å²) in [5, 5.41) is 0. The van der Waals surface area contributed by atoms with Crippen molar-refractivity contribution in [3.05, 3.63) is 57.6 Å². The molecule has 0 aliphatic carbocycles. The Morgan fingerprint density at radius 3 is 2.81 bits per heavy atom. The number of aryl methyl sites for hydroxylation is 2. The van der Waals surface area contributed by atoms with E-state index in [9.17, 15) is 0 Å². The van der Waals surface area contributed by atoms with Gasteiger partial charge in [0.1, 0.15) is 0 Å². The van der Waals surface area contributed by atoms with Crippen molar-refractivity contribution < 1.29 is 0 Å². The molecule has 1 heterocycles. The van der Waals surface area contributed by atoms with Gasteiger partial charge in [0.25, 0.3) is 0 Å². The van der Waals surface area contributed by atoms with Gasteiger partial charge in [-0.25, -0.2) is 0 Å². The van der Waals surface area contributed by atoms with Gasteiger partial charge in [-0.05, 0) is 62.1 Å². The first kappa shape index (κ1) is 14.6. The van der Waals surface area contributed by atoms with Crippen molar-refractivity contribution in [3.8, 4) is 0 Å². The summed E-state index contributed by atoms with van der Waals surface area (Å²) in [6, 6.07) is 13.3. The highest BCUT2D eigenvalue weighted by molar-refractivity contribution is 9.10. The molecular formula is C18H21BrN2. The predicted octanol–water partition coefficient (Wildman–Crippen LogP) is 4.34. The Hall–Kier alpha value is -1.32. The van der Waals surface area contributed by atoms with Crippen LogP contribution in [0.4, 0.5) is 11.4 Å². The number of benzene rings is 2. The first-order chi connectivity index (χ1) is 10.2. The lowest BCUT2D eigenvalue weighted by Gasteiger charge is -2.33. The van der Waals surface area contributed by atoms with Crippen LogP contribution >= 0.6 is 15.9 Å². The average Bonchev–Trinajstić information content (AvgIpc) is 2.48. The summed E-state index contributed by atoms with van der Waals surface area (Å²) in [7, 11) is 0. The number of rotatable bonds is 3. The van der Waals surface area contributed by atoms with Crippen LogP contribution in [0.2, 0.25) is 0 Å². The van der Waals surface area contributed by atoms with Crippen molar-refractivity contribution in [1.29, 1.82) is 0 Å². The zero-order valence-corrected chi connectivity index (χ0v) is 14.0. The Bertz CT molecular complexity index is 652. The SMILES string of the molecule is Cc1ccc2c(c1)CCCN2c1cc(Br)ccc1CCN. The predicted molar refractivity (Wildman–Crippen MR) is 93.4 cm³/mol. The van der Waals surface area contributed by atoms with Crippen LogP contribution in [0.1, 0.15) is 23.1 Å². The molecule has 0 unspecified atom stereocenters. The smallest absolute Gasteiger partial charge is 0.0455 e. The van der Waals surface area contributed by atoms with E-state index < -0.39 is 0 Å². The van der Waals surface area contributed by atoms with Gasteiger partial charge in [-0.3, -0.25) is 0 Å². The molecule has 0 saturated heterocycles. The van der Waals surface area contributed by atoms with E-state index in [0.717, 1.165) is 17.4 Å². The van der Waals surface area contributed by atoms with Crippen LogP contribution in [-0.2, 0) is 12.8 Å². The third kappa shape index (κ3) is 2.99. The zero-order valence-electron chi connectivity index (χ0n) is 12.4. The lowest BCUT2D eigenvalue weighted by molar-refractivity contribution is 0.762. The minimum Gasteiger partial charge on any atom is -0.341 e. The van der Waals surface area contributed by atoms with E-state index in [2.05, 4.69) is 64.2 Å². The molecular weight excluding hydrogens is 324 g/mol. The number of nitrogens with two attached hydrogens (primary N) is 1. The Kier molecular flexibility index (Phi) is 4.32. The van der Waals surface area contributed by atoms with Crippen LogP contribution < -0.4 is 10.6 Å². The largest absolute Gasteiger partial charge is 0.341 e. The van der Waals surface area contributed by atoms with Crippen LogP contribution in [0.15, 0.2) is 40.9 Å². The first-order valence-corrected chi connectivity index (χ1v) is 8.34. The zero-order chi connectivity index (χ0) is 14.8. The Morgan fingerprint density at radius 2 is 2.00 bits per heavy atom. The van der Waals surface area contributed by atoms with E-state index in [1.807, 2.05) is 0 Å². The maximum atomic E-state index is 5.78. The maximum Gasteiger partial charge on any atom is 0.0455 e. The van der Waals surface area contributed by atoms with Crippen LogP contribution in [0, 0.1) is 6.92 Å². The molecule has 1 aliphatic heterocycles. The van der Waals surface area contributed by atoms with Gasteiger partial charge in [-0.1, -0.05) is 39.7 Å². The number of nitrogens with zero attached hydrogens (tertiary/aromatic N) is 1. The maximum absolute atomic E-state index is 5.78. The molecule has 0 bridgehead atoms. The lowest BCUT2D eigenvalue weighted by Crippen LogP contribution is -2.26. The standard InChI is InChI=1S/C18H21BrN2/c1-13-4-7-17-15(11-13)3-2-10-21(17)18-12-16(19)6-5-14(18)8-9-20/h4-7,11-12H,2-3,8-10,20H2,1H3. The highest BCUT2D eigenvalue weighted by Crippen LogP contribution is 2.37. The second kappa shape index (κ2) is 6.20. The molecule has 0 amide bonds. The molecule has 3 heteroatoms. The van der Waals surface area contributed by atoms with Crippen LogP contribution in [0.3, 0.4) is 0 Å². The second-order valence-electron chi connectivity index (χ2n) is 5.70. The van der Waals surface area contributed by atoms with Crippen LogP contribution in [0.25, 0.3) is 0 Å². The molecule has 0 aromatic heterocycles.